The topological polar surface area (TPSA) is 105 Å². The van der Waals surface area contributed by atoms with E-state index in [0.717, 1.165) is 0 Å². The van der Waals surface area contributed by atoms with Crippen molar-refractivity contribution in [1.82, 2.24) is 4.90 Å². The predicted molar refractivity (Wildman–Crippen MR) is 106 cm³/mol. The van der Waals surface area contributed by atoms with E-state index in [1.807, 2.05) is 0 Å². The van der Waals surface area contributed by atoms with Gasteiger partial charge in [0.1, 0.15) is 11.6 Å². The van der Waals surface area contributed by atoms with Gasteiger partial charge in [0.05, 0.1) is 18.2 Å². The van der Waals surface area contributed by atoms with Crippen LogP contribution in [0.3, 0.4) is 0 Å². The van der Waals surface area contributed by atoms with Crippen molar-refractivity contribution in [1.29, 1.82) is 0 Å². The molecule has 0 saturated carbocycles. The molecular weight excluding hydrogens is 395 g/mol. The number of anilines is 1. The minimum absolute atomic E-state index is 0.0863. The number of phenolic OH excluding ortho intramolecular Hbond substituents is 1. The Morgan fingerprint density at radius 2 is 2.00 bits per heavy atom. The number of aromatic hydroxyl groups is 1. The Labute approximate surface area is 174 Å². The van der Waals surface area contributed by atoms with Crippen molar-refractivity contribution in [2.75, 3.05) is 18.5 Å². The van der Waals surface area contributed by atoms with Crippen molar-refractivity contribution in [3.8, 4) is 5.75 Å². The zero-order chi connectivity index (χ0) is 22.2. The lowest BCUT2D eigenvalue weighted by Crippen LogP contribution is -2.57. The van der Waals surface area contributed by atoms with Gasteiger partial charge in [0.25, 0.3) is 0 Å². The fourth-order valence-electron chi connectivity index (χ4n) is 3.66. The molecule has 2 aliphatic rings. The molecule has 1 aliphatic heterocycles. The highest BCUT2D eigenvalue weighted by molar-refractivity contribution is 5.98. The fourth-order valence-corrected chi connectivity index (χ4v) is 3.66. The standard InChI is InChI=1S/C21H27FN2O6/c1-5-29-19(27)12-8-11-10-14(17(25)16(22)13(11)9-12)23-18(26)15-6-7-24(15)20(28)30-21(2,3)4/h10,12,15,25H,5-9H2,1-4H3,(H,23,26)/t12?,15-/m0/s1. The zero-order valence-electron chi connectivity index (χ0n) is 17.6. The fraction of sp³-hybridized carbons (Fsp3) is 0.571. The van der Waals surface area contributed by atoms with Crippen LogP contribution < -0.4 is 5.32 Å². The molecule has 2 N–H and O–H groups in total. The molecule has 8 nitrogen and oxygen atoms in total. The molecule has 1 unspecified atom stereocenters. The summed E-state index contributed by atoms with van der Waals surface area (Å²) < 4.78 is 25.0. The van der Waals surface area contributed by atoms with E-state index >= 15 is 0 Å². The van der Waals surface area contributed by atoms with E-state index in [1.165, 1.54) is 11.0 Å². The van der Waals surface area contributed by atoms with Crippen molar-refractivity contribution in [2.45, 2.75) is 58.6 Å². The summed E-state index contributed by atoms with van der Waals surface area (Å²) in [4.78, 5) is 38.1. The lowest BCUT2D eigenvalue weighted by atomic mass is 10.0. The molecule has 2 atom stereocenters. The summed E-state index contributed by atoms with van der Waals surface area (Å²) in [5.74, 6) is -3.02. The van der Waals surface area contributed by atoms with Crippen LogP contribution in [-0.2, 0) is 31.9 Å². The number of hydrogen-bond acceptors (Lipinski definition) is 6. The monoisotopic (exact) mass is 422 g/mol. The minimum atomic E-state index is -0.854. The van der Waals surface area contributed by atoms with E-state index in [-0.39, 0.29) is 30.7 Å². The Kier molecular flexibility index (Phi) is 5.92. The first kappa shape index (κ1) is 21.9. The van der Waals surface area contributed by atoms with Gasteiger partial charge in [-0.25, -0.2) is 9.18 Å². The number of rotatable bonds is 4. The molecule has 3 rings (SSSR count). The molecule has 1 aliphatic carbocycles. The van der Waals surface area contributed by atoms with Crippen molar-refractivity contribution >= 4 is 23.7 Å². The molecule has 0 spiro atoms. The number of hydrogen-bond donors (Lipinski definition) is 2. The van der Waals surface area contributed by atoms with Crippen LogP contribution in [0.4, 0.5) is 14.9 Å². The van der Waals surface area contributed by atoms with E-state index in [4.69, 9.17) is 9.47 Å². The normalized spacial score (nSPS) is 20.2. The van der Waals surface area contributed by atoms with Crippen LogP contribution in [0.1, 0.15) is 45.2 Å². The number of phenols is 1. The molecule has 1 heterocycles. The number of esters is 1. The SMILES string of the molecule is CCOC(=O)C1Cc2cc(NC(=O)[C@@H]3CCN3C(=O)OC(C)(C)C)c(O)c(F)c2C1. The third-order valence-electron chi connectivity index (χ3n) is 5.18. The van der Waals surface area contributed by atoms with Crippen molar-refractivity contribution in [3.63, 3.8) is 0 Å². The Morgan fingerprint density at radius 3 is 2.57 bits per heavy atom. The molecule has 0 radical (unpaired) electrons. The maximum absolute atomic E-state index is 14.7. The Balaban J connectivity index is 1.72. The van der Waals surface area contributed by atoms with Crippen molar-refractivity contribution in [3.05, 3.63) is 23.0 Å². The third-order valence-corrected chi connectivity index (χ3v) is 5.18. The van der Waals surface area contributed by atoms with Crippen LogP contribution in [0.2, 0.25) is 0 Å². The summed E-state index contributed by atoms with van der Waals surface area (Å²) in [5.41, 5.74) is 0.0144. The van der Waals surface area contributed by atoms with Gasteiger partial charge in [-0.15, -0.1) is 0 Å². The average molecular weight is 422 g/mol. The molecule has 0 aromatic heterocycles. The summed E-state index contributed by atoms with van der Waals surface area (Å²) in [6.45, 7) is 7.49. The van der Waals surface area contributed by atoms with Gasteiger partial charge in [0.2, 0.25) is 5.91 Å². The first-order valence-corrected chi connectivity index (χ1v) is 10.0. The van der Waals surface area contributed by atoms with Gasteiger partial charge in [-0.1, -0.05) is 0 Å². The van der Waals surface area contributed by atoms with Gasteiger partial charge < -0.3 is 19.9 Å². The Hall–Kier alpha value is -2.84. The Bertz CT molecular complexity index is 879. The molecule has 1 fully saturated rings. The summed E-state index contributed by atoms with van der Waals surface area (Å²) in [7, 11) is 0. The lowest BCUT2D eigenvalue weighted by Gasteiger charge is -2.40. The molecule has 9 heteroatoms. The summed E-state index contributed by atoms with van der Waals surface area (Å²) >= 11 is 0. The molecular formula is C21H27FN2O6. The molecule has 164 valence electrons. The van der Waals surface area contributed by atoms with E-state index < -0.39 is 47.1 Å². The van der Waals surface area contributed by atoms with Gasteiger partial charge >= 0.3 is 12.1 Å². The zero-order valence-corrected chi connectivity index (χ0v) is 17.6. The number of fused-ring (bicyclic) bond motifs is 1. The number of nitrogens with zero attached hydrogens (tertiary/aromatic N) is 1. The van der Waals surface area contributed by atoms with Crippen LogP contribution >= 0.6 is 0 Å². The number of benzene rings is 1. The Morgan fingerprint density at radius 1 is 1.30 bits per heavy atom. The molecule has 30 heavy (non-hydrogen) atoms. The molecule has 1 saturated heterocycles. The molecule has 1 aromatic carbocycles. The van der Waals surface area contributed by atoms with E-state index in [1.54, 1.807) is 27.7 Å². The quantitative estimate of drug-likeness (QED) is 0.571. The largest absolute Gasteiger partial charge is 0.503 e. The van der Waals surface area contributed by atoms with Gasteiger partial charge in [-0.05, 0) is 64.2 Å². The third kappa shape index (κ3) is 4.34. The number of carbonyl (C=O) groups excluding carboxylic acids is 3. The van der Waals surface area contributed by atoms with Crippen molar-refractivity contribution in [2.24, 2.45) is 5.92 Å². The van der Waals surface area contributed by atoms with Gasteiger partial charge in [-0.2, -0.15) is 0 Å². The highest BCUT2D eigenvalue weighted by atomic mass is 19.1. The molecule has 1 aromatic rings. The highest BCUT2D eigenvalue weighted by Crippen LogP contribution is 2.39. The van der Waals surface area contributed by atoms with E-state index in [0.29, 0.717) is 18.5 Å². The van der Waals surface area contributed by atoms with Gasteiger partial charge in [0.15, 0.2) is 11.6 Å². The summed E-state index contributed by atoms with van der Waals surface area (Å²) in [6, 6.07) is 0.712. The number of carbonyl (C=O) groups is 3. The van der Waals surface area contributed by atoms with Gasteiger partial charge in [0, 0.05) is 6.54 Å². The van der Waals surface area contributed by atoms with Crippen LogP contribution in [0.15, 0.2) is 6.07 Å². The second kappa shape index (κ2) is 8.12. The number of ether oxygens (including phenoxy) is 2. The average Bonchev–Trinajstić information content (AvgIpc) is 3.01. The molecule has 2 amide bonds. The van der Waals surface area contributed by atoms with Crippen LogP contribution in [0, 0.1) is 11.7 Å². The summed E-state index contributed by atoms with van der Waals surface area (Å²) in [6.07, 6.45) is 0.235. The van der Waals surface area contributed by atoms with E-state index in [9.17, 15) is 23.9 Å². The molecule has 0 bridgehead atoms. The highest BCUT2D eigenvalue weighted by Gasteiger charge is 2.40. The van der Waals surface area contributed by atoms with Gasteiger partial charge in [-0.3, -0.25) is 14.5 Å². The maximum Gasteiger partial charge on any atom is 0.410 e. The van der Waals surface area contributed by atoms with Crippen LogP contribution in [-0.4, -0.2) is 52.8 Å². The number of nitrogens with one attached hydrogen (secondary N) is 1. The van der Waals surface area contributed by atoms with E-state index in [2.05, 4.69) is 5.32 Å². The van der Waals surface area contributed by atoms with Crippen LogP contribution in [0.25, 0.3) is 0 Å². The second-order valence-electron chi connectivity index (χ2n) is 8.55. The number of amides is 2. The second-order valence-corrected chi connectivity index (χ2v) is 8.55. The maximum atomic E-state index is 14.7. The van der Waals surface area contributed by atoms with Crippen LogP contribution in [0.5, 0.6) is 5.75 Å². The predicted octanol–water partition coefficient (Wildman–Crippen LogP) is 2.76. The first-order valence-electron chi connectivity index (χ1n) is 10.0. The smallest absolute Gasteiger partial charge is 0.410 e. The lowest BCUT2D eigenvalue weighted by molar-refractivity contribution is -0.147. The number of likely N-dealkylation sites (tertiary alicyclic amines) is 1. The van der Waals surface area contributed by atoms with Crippen molar-refractivity contribution < 1.29 is 33.4 Å². The first-order chi connectivity index (χ1) is 14.0. The minimum Gasteiger partial charge on any atom is -0.503 e. The number of halogens is 1. The summed E-state index contributed by atoms with van der Waals surface area (Å²) in [5, 5.41) is 12.7.